The first kappa shape index (κ1) is 18.8. The first-order valence-corrected chi connectivity index (χ1v) is 8.38. The summed E-state index contributed by atoms with van der Waals surface area (Å²) in [7, 11) is 0. The summed E-state index contributed by atoms with van der Waals surface area (Å²) in [5.74, 6) is -0.927. The van der Waals surface area contributed by atoms with Gasteiger partial charge >= 0.3 is 6.36 Å². The lowest BCUT2D eigenvalue weighted by atomic mass is 10.3. The van der Waals surface area contributed by atoms with Crippen molar-refractivity contribution in [1.29, 1.82) is 0 Å². The molecule has 0 bridgehead atoms. The third-order valence-electron chi connectivity index (χ3n) is 2.98. The van der Waals surface area contributed by atoms with Gasteiger partial charge < -0.3 is 19.7 Å². The van der Waals surface area contributed by atoms with Crippen molar-refractivity contribution in [3.8, 4) is 5.75 Å². The Labute approximate surface area is 146 Å². The Morgan fingerprint density at radius 1 is 1.33 bits per heavy atom. The van der Waals surface area contributed by atoms with E-state index in [2.05, 4.69) is 10.1 Å². The topological polar surface area (TPSA) is 50.8 Å². The molecule has 5 nitrogen and oxygen atoms in total. The average Bonchev–Trinajstić information content (AvgIpc) is 2.54. The highest BCUT2D eigenvalue weighted by Crippen LogP contribution is 2.30. The second-order valence-corrected chi connectivity index (χ2v) is 6.36. The van der Waals surface area contributed by atoms with E-state index in [-0.39, 0.29) is 11.4 Å². The van der Waals surface area contributed by atoms with Crippen LogP contribution in [-0.2, 0) is 9.53 Å². The van der Waals surface area contributed by atoms with Gasteiger partial charge in [0.05, 0.1) is 24.7 Å². The minimum atomic E-state index is -4.83. The minimum Gasteiger partial charge on any atom is -0.404 e. The molecule has 10 heteroatoms. The standard InChI is InChI=1S/C14H15F3N2O3S2/c15-14(16,17)22-11-4-2-1-3-10(11)18-12(20)9-24-13(23)19-5-7-21-8-6-19/h1-4H,5-9H2,(H,18,20). The Kier molecular flexibility index (Phi) is 6.69. The number of nitrogens with zero attached hydrogens (tertiary/aromatic N) is 1. The summed E-state index contributed by atoms with van der Waals surface area (Å²) in [6.07, 6.45) is -4.83. The summed E-state index contributed by atoms with van der Waals surface area (Å²) in [6, 6.07) is 5.36. The summed E-state index contributed by atoms with van der Waals surface area (Å²) in [5, 5.41) is 2.40. The molecule has 0 atom stereocenters. The fourth-order valence-electron chi connectivity index (χ4n) is 1.93. The number of carbonyl (C=O) groups is 1. The van der Waals surface area contributed by atoms with E-state index in [0.717, 1.165) is 17.8 Å². The molecule has 24 heavy (non-hydrogen) atoms. The molecule has 0 aliphatic carbocycles. The van der Waals surface area contributed by atoms with Crippen molar-refractivity contribution in [2.75, 3.05) is 37.4 Å². The average molecular weight is 380 g/mol. The zero-order chi connectivity index (χ0) is 17.6. The highest BCUT2D eigenvalue weighted by Gasteiger charge is 2.32. The van der Waals surface area contributed by atoms with E-state index in [1.54, 1.807) is 0 Å². The Balaban J connectivity index is 1.87. The summed E-state index contributed by atoms with van der Waals surface area (Å²) < 4.78 is 46.7. The second kappa shape index (κ2) is 8.54. The molecule has 0 aromatic heterocycles. The van der Waals surface area contributed by atoms with Gasteiger partial charge in [-0.2, -0.15) is 0 Å². The number of anilines is 1. The van der Waals surface area contributed by atoms with Gasteiger partial charge in [-0.25, -0.2) is 0 Å². The van der Waals surface area contributed by atoms with E-state index in [4.69, 9.17) is 17.0 Å². The van der Waals surface area contributed by atoms with Crippen molar-refractivity contribution in [1.82, 2.24) is 4.90 Å². The van der Waals surface area contributed by atoms with Gasteiger partial charge in [0, 0.05) is 13.1 Å². The third-order valence-corrected chi connectivity index (χ3v) is 4.51. The van der Waals surface area contributed by atoms with Crippen LogP contribution in [-0.4, -0.2) is 53.5 Å². The number of thiocarbonyl (C=S) groups is 1. The van der Waals surface area contributed by atoms with Gasteiger partial charge in [0.1, 0.15) is 4.32 Å². The molecule has 0 unspecified atom stereocenters. The maximum absolute atomic E-state index is 12.3. The summed E-state index contributed by atoms with van der Waals surface area (Å²) >= 11 is 6.39. The molecule has 132 valence electrons. The van der Waals surface area contributed by atoms with Gasteiger partial charge in [-0.1, -0.05) is 36.1 Å². The number of morpholine rings is 1. The number of nitrogens with one attached hydrogen (secondary N) is 1. The molecule has 1 heterocycles. The van der Waals surface area contributed by atoms with Crippen molar-refractivity contribution in [3.05, 3.63) is 24.3 Å². The van der Waals surface area contributed by atoms with Gasteiger partial charge in [-0.05, 0) is 12.1 Å². The number of halogens is 3. The first-order chi connectivity index (χ1) is 11.3. The Morgan fingerprint density at radius 3 is 2.67 bits per heavy atom. The minimum absolute atomic E-state index is 0.00343. The van der Waals surface area contributed by atoms with Gasteiger partial charge in [0.25, 0.3) is 0 Å². The van der Waals surface area contributed by atoms with Crippen molar-refractivity contribution in [2.45, 2.75) is 6.36 Å². The van der Waals surface area contributed by atoms with Gasteiger partial charge in [0.15, 0.2) is 5.75 Å². The highest BCUT2D eigenvalue weighted by atomic mass is 32.2. The van der Waals surface area contributed by atoms with Crippen LogP contribution in [0.15, 0.2) is 24.3 Å². The predicted molar refractivity (Wildman–Crippen MR) is 89.2 cm³/mol. The molecule has 1 N–H and O–H groups in total. The van der Waals surface area contributed by atoms with Crippen molar-refractivity contribution in [3.63, 3.8) is 0 Å². The molecule has 0 saturated carbocycles. The molecular weight excluding hydrogens is 365 g/mol. The van der Waals surface area contributed by atoms with Crippen LogP contribution in [0.5, 0.6) is 5.75 Å². The van der Waals surface area contributed by atoms with Crippen LogP contribution in [0.25, 0.3) is 0 Å². The lowest BCUT2D eigenvalue weighted by molar-refractivity contribution is -0.274. The maximum Gasteiger partial charge on any atom is 0.573 e. The fraction of sp³-hybridized carbons (Fsp3) is 0.429. The van der Waals surface area contributed by atoms with Crippen LogP contribution < -0.4 is 10.1 Å². The van der Waals surface area contributed by atoms with E-state index in [9.17, 15) is 18.0 Å². The van der Waals surface area contributed by atoms with E-state index >= 15 is 0 Å². The molecular formula is C14H15F3N2O3S2. The van der Waals surface area contributed by atoms with Gasteiger partial charge in [-0.3, -0.25) is 4.79 Å². The van der Waals surface area contributed by atoms with E-state index in [0.29, 0.717) is 30.6 Å². The molecule has 0 spiro atoms. The van der Waals surface area contributed by atoms with Crippen molar-refractivity contribution < 1.29 is 27.4 Å². The van der Waals surface area contributed by atoms with Crippen LogP contribution in [0.4, 0.5) is 18.9 Å². The van der Waals surface area contributed by atoms with E-state index in [1.165, 1.54) is 18.2 Å². The Hall–Kier alpha value is -1.52. The van der Waals surface area contributed by atoms with Crippen molar-refractivity contribution in [2.24, 2.45) is 0 Å². The molecule has 1 aromatic rings. The Bertz CT molecular complexity index is 593. The number of hydrogen-bond acceptors (Lipinski definition) is 5. The van der Waals surface area contributed by atoms with Gasteiger partial charge in [0.2, 0.25) is 5.91 Å². The molecule has 2 rings (SSSR count). The number of ether oxygens (including phenoxy) is 2. The SMILES string of the molecule is O=C(CSC(=S)N1CCOCC1)Nc1ccccc1OC(F)(F)F. The molecule has 0 radical (unpaired) electrons. The number of para-hydroxylation sites is 2. The summed E-state index contributed by atoms with van der Waals surface area (Å²) in [5.41, 5.74) is -0.0438. The Morgan fingerprint density at radius 2 is 2.00 bits per heavy atom. The summed E-state index contributed by atoms with van der Waals surface area (Å²) in [4.78, 5) is 13.9. The number of carbonyl (C=O) groups excluding carboxylic acids is 1. The predicted octanol–water partition coefficient (Wildman–Crippen LogP) is 2.87. The highest BCUT2D eigenvalue weighted by molar-refractivity contribution is 8.23. The monoisotopic (exact) mass is 380 g/mol. The van der Waals surface area contributed by atoms with Crippen LogP contribution in [0.2, 0.25) is 0 Å². The molecule has 1 fully saturated rings. The van der Waals surface area contributed by atoms with Crippen LogP contribution in [0.3, 0.4) is 0 Å². The van der Waals surface area contributed by atoms with Crippen LogP contribution >= 0.6 is 24.0 Å². The largest absolute Gasteiger partial charge is 0.573 e. The first-order valence-electron chi connectivity index (χ1n) is 6.99. The van der Waals surface area contributed by atoms with Gasteiger partial charge in [-0.15, -0.1) is 13.2 Å². The molecule has 1 aliphatic rings. The quantitative estimate of drug-likeness (QED) is 0.811. The normalized spacial score (nSPS) is 15.0. The lowest BCUT2D eigenvalue weighted by Gasteiger charge is -2.28. The molecule has 1 aromatic carbocycles. The molecule has 1 saturated heterocycles. The van der Waals surface area contributed by atoms with Crippen molar-refractivity contribution >= 4 is 39.9 Å². The fourth-order valence-corrected chi connectivity index (χ4v) is 2.99. The number of alkyl halides is 3. The molecule has 1 amide bonds. The number of benzene rings is 1. The number of amides is 1. The lowest BCUT2D eigenvalue weighted by Crippen LogP contribution is -2.39. The number of hydrogen-bond donors (Lipinski definition) is 1. The molecule has 1 aliphatic heterocycles. The maximum atomic E-state index is 12.3. The number of rotatable bonds is 4. The zero-order valence-corrected chi connectivity index (χ0v) is 14.1. The smallest absolute Gasteiger partial charge is 0.404 e. The zero-order valence-electron chi connectivity index (χ0n) is 12.5. The second-order valence-electron chi connectivity index (χ2n) is 4.75. The van der Waals surface area contributed by atoms with Crippen LogP contribution in [0.1, 0.15) is 0 Å². The summed E-state index contributed by atoms with van der Waals surface area (Å²) in [6.45, 7) is 2.48. The van der Waals surface area contributed by atoms with Crippen LogP contribution in [0, 0.1) is 0 Å². The number of thioether (sulfide) groups is 1. The van der Waals surface area contributed by atoms with E-state index in [1.807, 2.05) is 4.90 Å². The van der Waals surface area contributed by atoms with E-state index < -0.39 is 18.0 Å². The third kappa shape index (κ3) is 6.17.